The van der Waals surface area contributed by atoms with Crippen molar-refractivity contribution < 1.29 is 13.9 Å². The first kappa shape index (κ1) is 20.3. The van der Waals surface area contributed by atoms with Crippen molar-refractivity contribution in [2.24, 2.45) is 0 Å². The Kier molecular flexibility index (Phi) is 5.19. The van der Waals surface area contributed by atoms with Gasteiger partial charge in [-0.25, -0.2) is 0 Å². The summed E-state index contributed by atoms with van der Waals surface area (Å²) in [6.45, 7) is 0. The van der Waals surface area contributed by atoms with Crippen LogP contribution < -0.4 is 15.5 Å². The number of hydrogen-bond donors (Lipinski definition) is 2. The lowest BCUT2D eigenvalue weighted by Crippen LogP contribution is -2.15. The highest BCUT2D eigenvalue weighted by atomic mass is 35.5. The van der Waals surface area contributed by atoms with E-state index < -0.39 is 0 Å². The van der Waals surface area contributed by atoms with Gasteiger partial charge in [-0.1, -0.05) is 11.6 Å². The third-order valence-corrected chi connectivity index (χ3v) is 5.75. The summed E-state index contributed by atoms with van der Waals surface area (Å²) in [5.74, 6) is 1.88. The first-order valence-electron chi connectivity index (χ1n) is 10.3. The molecule has 0 bridgehead atoms. The number of nitrogens with zero attached hydrogens (tertiary/aromatic N) is 1. The predicted octanol–water partition coefficient (Wildman–Crippen LogP) is 4.90. The zero-order chi connectivity index (χ0) is 22.2. The van der Waals surface area contributed by atoms with Gasteiger partial charge in [0.15, 0.2) is 16.8 Å². The molecule has 0 spiro atoms. The molecule has 5 rings (SSSR count). The van der Waals surface area contributed by atoms with Crippen molar-refractivity contribution in [3.05, 3.63) is 75.0 Å². The number of fused-ring (bicyclic) bond motifs is 1. The quantitative estimate of drug-likeness (QED) is 0.436. The molecule has 0 aliphatic heterocycles. The number of aromatic amines is 1. The molecule has 1 fully saturated rings. The SMILES string of the molecule is COc1ccc(-c2cc(=O)c3cc(CC(=O)Nc4cc(C5CC5)[nH]n4)cc(Cl)c3o2)cc1. The minimum Gasteiger partial charge on any atom is -0.497 e. The van der Waals surface area contributed by atoms with E-state index in [1.807, 2.05) is 6.07 Å². The highest BCUT2D eigenvalue weighted by Crippen LogP contribution is 2.39. The summed E-state index contributed by atoms with van der Waals surface area (Å²) in [6.07, 6.45) is 2.35. The lowest BCUT2D eigenvalue weighted by atomic mass is 10.1. The van der Waals surface area contributed by atoms with Crippen LogP contribution in [0.3, 0.4) is 0 Å². The van der Waals surface area contributed by atoms with E-state index in [0.29, 0.717) is 34.2 Å². The molecule has 0 unspecified atom stereocenters. The van der Waals surface area contributed by atoms with E-state index >= 15 is 0 Å². The lowest BCUT2D eigenvalue weighted by Gasteiger charge is -2.08. The maximum Gasteiger partial charge on any atom is 0.229 e. The molecule has 0 saturated heterocycles. The highest BCUT2D eigenvalue weighted by molar-refractivity contribution is 6.34. The average molecular weight is 450 g/mol. The molecule has 1 saturated carbocycles. The highest BCUT2D eigenvalue weighted by Gasteiger charge is 2.25. The predicted molar refractivity (Wildman–Crippen MR) is 122 cm³/mol. The largest absolute Gasteiger partial charge is 0.497 e. The fourth-order valence-corrected chi connectivity index (χ4v) is 3.93. The van der Waals surface area contributed by atoms with Crippen molar-refractivity contribution in [3.63, 3.8) is 0 Å². The van der Waals surface area contributed by atoms with Crippen LogP contribution in [0.2, 0.25) is 5.02 Å². The van der Waals surface area contributed by atoms with E-state index in [1.54, 1.807) is 43.5 Å². The first-order chi connectivity index (χ1) is 15.5. The van der Waals surface area contributed by atoms with Gasteiger partial charge in [-0.05, 0) is 54.8 Å². The van der Waals surface area contributed by atoms with Gasteiger partial charge < -0.3 is 14.5 Å². The first-order valence-corrected chi connectivity index (χ1v) is 10.6. The van der Waals surface area contributed by atoms with Crippen molar-refractivity contribution >= 4 is 34.3 Å². The van der Waals surface area contributed by atoms with E-state index in [0.717, 1.165) is 24.1 Å². The number of carbonyl (C=O) groups is 1. The van der Waals surface area contributed by atoms with Crippen molar-refractivity contribution in [2.75, 3.05) is 12.4 Å². The number of hydrogen-bond acceptors (Lipinski definition) is 5. The Morgan fingerprint density at radius 2 is 2.00 bits per heavy atom. The number of aromatic nitrogens is 2. The van der Waals surface area contributed by atoms with E-state index in [2.05, 4.69) is 15.5 Å². The maximum atomic E-state index is 12.8. The molecule has 4 aromatic rings. The molecule has 2 aromatic carbocycles. The Bertz CT molecular complexity index is 1370. The van der Waals surface area contributed by atoms with Gasteiger partial charge in [0.2, 0.25) is 5.91 Å². The van der Waals surface area contributed by atoms with Crippen LogP contribution in [-0.2, 0) is 11.2 Å². The molecule has 1 amide bonds. The molecule has 2 N–H and O–H groups in total. The van der Waals surface area contributed by atoms with Crippen LogP contribution in [0.4, 0.5) is 5.82 Å². The Hall–Kier alpha value is -3.58. The molecule has 1 aliphatic carbocycles. The number of benzene rings is 2. The number of rotatable bonds is 6. The van der Waals surface area contributed by atoms with Gasteiger partial charge in [0, 0.05) is 29.3 Å². The summed E-state index contributed by atoms with van der Waals surface area (Å²) in [5, 5.41) is 10.5. The Labute approximate surface area is 188 Å². The van der Waals surface area contributed by atoms with E-state index in [4.69, 9.17) is 20.8 Å². The molecule has 2 aromatic heterocycles. The summed E-state index contributed by atoms with van der Waals surface area (Å²) in [4.78, 5) is 25.3. The second kappa shape index (κ2) is 8.16. The maximum absolute atomic E-state index is 12.8. The van der Waals surface area contributed by atoms with Crippen molar-refractivity contribution in [3.8, 4) is 17.1 Å². The summed E-state index contributed by atoms with van der Waals surface area (Å²) >= 11 is 6.43. The Balaban J connectivity index is 1.39. The minimum absolute atomic E-state index is 0.0565. The smallest absolute Gasteiger partial charge is 0.229 e. The van der Waals surface area contributed by atoms with Gasteiger partial charge in [0.05, 0.1) is 23.9 Å². The standard InChI is InChI=1S/C24H20ClN3O4/c1-31-16-6-4-15(5-7-16)21-12-20(29)17-8-13(9-18(25)24(17)32-21)10-23(30)26-22-11-19(27-28-22)14-2-3-14/h4-9,11-12,14H,2-3,10H2,1H3,(H2,26,27,28,30). The summed E-state index contributed by atoms with van der Waals surface area (Å²) in [6, 6.07) is 13.8. The van der Waals surface area contributed by atoms with Crippen molar-refractivity contribution in [2.45, 2.75) is 25.2 Å². The van der Waals surface area contributed by atoms with Crippen LogP contribution >= 0.6 is 11.6 Å². The second-order valence-corrected chi connectivity index (χ2v) is 8.27. The van der Waals surface area contributed by atoms with E-state index in [1.165, 1.54) is 6.07 Å². The van der Waals surface area contributed by atoms with Crippen LogP contribution in [0.25, 0.3) is 22.3 Å². The fourth-order valence-electron chi connectivity index (χ4n) is 3.65. The van der Waals surface area contributed by atoms with E-state index in [9.17, 15) is 9.59 Å². The number of H-pyrrole nitrogens is 1. The van der Waals surface area contributed by atoms with Crippen molar-refractivity contribution in [1.29, 1.82) is 0 Å². The summed E-state index contributed by atoms with van der Waals surface area (Å²) in [5.41, 5.74) is 2.44. The number of carbonyl (C=O) groups excluding carboxylic acids is 1. The van der Waals surface area contributed by atoms with Crippen LogP contribution in [0, 0.1) is 0 Å². The molecule has 0 radical (unpaired) electrons. The summed E-state index contributed by atoms with van der Waals surface area (Å²) < 4.78 is 11.1. The number of methoxy groups -OCH3 is 1. The Morgan fingerprint density at radius 1 is 1.22 bits per heavy atom. The van der Waals surface area contributed by atoms with Gasteiger partial charge in [-0.3, -0.25) is 14.7 Å². The van der Waals surface area contributed by atoms with E-state index in [-0.39, 0.29) is 28.4 Å². The van der Waals surface area contributed by atoms with Gasteiger partial charge in [-0.2, -0.15) is 5.10 Å². The van der Waals surface area contributed by atoms with Gasteiger partial charge in [-0.15, -0.1) is 0 Å². The molecule has 7 nitrogen and oxygen atoms in total. The van der Waals surface area contributed by atoms with Crippen LogP contribution in [-0.4, -0.2) is 23.2 Å². The fraction of sp³-hybridized carbons (Fsp3) is 0.208. The molecule has 1 aliphatic rings. The zero-order valence-corrected chi connectivity index (χ0v) is 18.0. The van der Waals surface area contributed by atoms with Crippen LogP contribution in [0.15, 0.2) is 57.7 Å². The Morgan fingerprint density at radius 3 is 2.72 bits per heavy atom. The lowest BCUT2D eigenvalue weighted by molar-refractivity contribution is -0.115. The van der Waals surface area contributed by atoms with Gasteiger partial charge in [0.25, 0.3) is 0 Å². The average Bonchev–Trinajstić information content (AvgIpc) is 3.53. The van der Waals surface area contributed by atoms with Crippen LogP contribution in [0.1, 0.15) is 30.0 Å². The minimum atomic E-state index is -0.242. The molecule has 2 heterocycles. The molecule has 32 heavy (non-hydrogen) atoms. The number of nitrogens with one attached hydrogen (secondary N) is 2. The molecular weight excluding hydrogens is 430 g/mol. The second-order valence-electron chi connectivity index (χ2n) is 7.87. The number of halogens is 1. The molecule has 0 atom stereocenters. The zero-order valence-electron chi connectivity index (χ0n) is 17.3. The third-order valence-electron chi connectivity index (χ3n) is 5.46. The summed E-state index contributed by atoms with van der Waals surface area (Å²) in [7, 11) is 1.59. The molecule has 8 heteroatoms. The van der Waals surface area contributed by atoms with Gasteiger partial charge in [0.1, 0.15) is 11.5 Å². The number of amides is 1. The number of ether oxygens (including phenoxy) is 1. The topological polar surface area (TPSA) is 97.2 Å². The number of anilines is 1. The normalized spacial score (nSPS) is 13.3. The van der Waals surface area contributed by atoms with Gasteiger partial charge >= 0.3 is 0 Å². The molecular formula is C24H20ClN3O4. The monoisotopic (exact) mass is 449 g/mol. The third kappa shape index (κ3) is 4.11. The van der Waals surface area contributed by atoms with Crippen molar-refractivity contribution in [1.82, 2.24) is 10.2 Å². The molecule has 162 valence electrons. The van der Waals surface area contributed by atoms with Crippen LogP contribution in [0.5, 0.6) is 5.75 Å².